The maximum absolute atomic E-state index is 12.8. The van der Waals surface area contributed by atoms with Gasteiger partial charge < -0.3 is 24.4 Å². The lowest BCUT2D eigenvalue weighted by molar-refractivity contribution is 0.0940. The van der Waals surface area contributed by atoms with Crippen molar-refractivity contribution in [3.63, 3.8) is 0 Å². The first-order valence-electron chi connectivity index (χ1n) is 11.5. The van der Waals surface area contributed by atoms with Gasteiger partial charge in [-0.1, -0.05) is 6.07 Å². The molecule has 8 heteroatoms. The number of ether oxygens (including phenoxy) is 3. The van der Waals surface area contributed by atoms with Crippen LogP contribution in [0.3, 0.4) is 0 Å². The molecule has 1 aromatic heterocycles. The van der Waals surface area contributed by atoms with Crippen molar-refractivity contribution in [3.05, 3.63) is 66.0 Å². The molecule has 2 aromatic carbocycles. The molecule has 0 saturated carbocycles. The van der Waals surface area contributed by atoms with Crippen molar-refractivity contribution in [2.24, 2.45) is 0 Å². The molecule has 4 rings (SSSR count). The van der Waals surface area contributed by atoms with E-state index in [0.717, 1.165) is 37.3 Å². The number of methoxy groups -OCH3 is 2. The highest BCUT2D eigenvalue weighted by Gasteiger charge is 2.19. The van der Waals surface area contributed by atoms with Gasteiger partial charge in [0.1, 0.15) is 5.75 Å². The van der Waals surface area contributed by atoms with Crippen LogP contribution < -0.4 is 24.4 Å². The lowest BCUT2D eigenvalue weighted by atomic mass is 10.1. The van der Waals surface area contributed by atoms with Crippen molar-refractivity contribution in [1.82, 2.24) is 15.3 Å². The van der Waals surface area contributed by atoms with Gasteiger partial charge in [0.2, 0.25) is 0 Å². The van der Waals surface area contributed by atoms with Crippen LogP contribution >= 0.6 is 0 Å². The molecule has 3 aromatic rings. The van der Waals surface area contributed by atoms with Crippen molar-refractivity contribution in [3.8, 4) is 23.1 Å². The Bertz CT molecular complexity index is 1110. The first-order chi connectivity index (χ1) is 16.6. The average Bonchev–Trinajstić information content (AvgIpc) is 2.89. The molecule has 1 fully saturated rings. The maximum Gasteiger partial charge on any atom is 0.263 e. The number of hydrogen-bond acceptors (Lipinski definition) is 7. The topological polar surface area (TPSA) is 85.8 Å². The zero-order valence-electron chi connectivity index (χ0n) is 19.8. The molecule has 0 bridgehead atoms. The number of hydrogen-bond donors (Lipinski definition) is 1. The van der Waals surface area contributed by atoms with Crippen LogP contribution in [0, 0.1) is 0 Å². The predicted octanol–water partition coefficient (Wildman–Crippen LogP) is 4.77. The van der Waals surface area contributed by atoms with E-state index in [4.69, 9.17) is 14.2 Å². The fourth-order valence-corrected chi connectivity index (χ4v) is 3.98. The molecular formula is C26H30N4O4. The van der Waals surface area contributed by atoms with Gasteiger partial charge in [-0.05, 0) is 68.1 Å². The second-order valence-corrected chi connectivity index (χ2v) is 8.17. The van der Waals surface area contributed by atoms with Crippen LogP contribution in [0.25, 0.3) is 0 Å². The second kappa shape index (κ2) is 10.9. The second-order valence-electron chi connectivity index (χ2n) is 8.17. The lowest BCUT2D eigenvalue weighted by Crippen LogP contribution is -2.30. The van der Waals surface area contributed by atoms with E-state index in [1.165, 1.54) is 6.42 Å². The Morgan fingerprint density at radius 2 is 1.65 bits per heavy atom. The van der Waals surface area contributed by atoms with E-state index in [0.29, 0.717) is 28.7 Å². The van der Waals surface area contributed by atoms with Crippen LogP contribution in [0.15, 0.2) is 54.9 Å². The summed E-state index contributed by atoms with van der Waals surface area (Å²) in [5, 5.41) is 3.02. The van der Waals surface area contributed by atoms with Gasteiger partial charge in [0.25, 0.3) is 11.8 Å². The zero-order valence-corrected chi connectivity index (χ0v) is 19.8. The normalized spacial score (nSPS) is 14.3. The van der Waals surface area contributed by atoms with Gasteiger partial charge in [0.05, 0.1) is 20.3 Å². The molecule has 1 unspecified atom stereocenters. The highest BCUT2D eigenvalue weighted by molar-refractivity contribution is 5.94. The van der Waals surface area contributed by atoms with E-state index in [-0.39, 0.29) is 11.9 Å². The first kappa shape index (κ1) is 23.4. The Kier molecular flexibility index (Phi) is 7.47. The number of rotatable bonds is 8. The summed E-state index contributed by atoms with van der Waals surface area (Å²) in [6.07, 6.45) is 6.83. The number of carbonyl (C=O) groups is 1. The third-order valence-electron chi connectivity index (χ3n) is 5.89. The predicted molar refractivity (Wildman–Crippen MR) is 130 cm³/mol. The van der Waals surface area contributed by atoms with Gasteiger partial charge >= 0.3 is 0 Å². The molecule has 1 amide bonds. The summed E-state index contributed by atoms with van der Waals surface area (Å²) < 4.78 is 16.7. The fourth-order valence-electron chi connectivity index (χ4n) is 3.98. The zero-order chi connectivity index (χ0) is 23.9. The Hall–Kier alpha value is -3.81. The largest absolute Gasteiger partial charge is 0.493 e. The van der Waals surface area contributed by atoms with E-state index in [2.05, 4.69) is 20.2 Å². The number of aromatic nitrogens is 2. The maximum atomic E-state index is 12.8. The van der Waals surface area contributed by atoms with Gasteiger partial charge in [0, 0.05) is 31.0 Å². The molecule has 2 heterocycles. The monoisotopic (exact) mass is 462 g/mol. The fraction of sp³-hybridized carbons (Fsp3) is 0.346. The minimum absolute atomic E-state index is 0.178. The number of nitrogens with zero attached hydrogens (tertiary/aromatic N) is 3. The van der Waals surface area contributed by atoms with Crippen LogP contribution in [-0.2, 0) is 0 Å². The Morgan fingerprint density at radius 1 is 0.941 bits per heavy atom. The van der Waals surface area contributed by atoms with Crippen molar-refractivity contribution in [2.45, 2.75) is 32.2 Å². The van der Waals surface area contributed by atoms with Gasteiger partial charge in [0.15, 0.2) is 17.3 Å². The first-order valence-corrected chi connectivity index (χ1v) is 11.5. The Labute approximate surface area is 199 Å². The van der Waals surface area contributed by atoms with Crippen molar-refractivity contribution >= 4 is 11.7 Å². The molecule has 0 radical (unpaired) electrons. The molecule has 1 N–H and O–H groups in total. The van der Waals surface area contributed by atoms with Gasteiger partial charge in [-0.15, -0.1) is 0 Å². The highest BCUT2D eigenvalue weighted by Crippen LogP contribution is 2.31. The number of piperidine rings is 1. The molecule has 1 saturated heterocycles. The van der Waals surface area contributed by atoms with Crippen LogP contribution in [0.2, 0.25) is 0 Å². The average molecular weight is 463 g/mol. The standard InChI is InChI=1S/C26H30N4O4/c1-18(20-9-12-22(32-2)23(17-20)33-3)29-25(31)19-7-10-21(11-8-19)34-26-24(27-13-14-28-26)30-15-5-4-6-16-30/h7-14,17-18H,4-6,15-16H2,1-3H3,(H,29,31). The molecule has 1 aliphatic rings. The van der Waals surface area contributed by atoms with E-state index in [9.17, 15) is 4.79 Å². The van der Waals surface area contributed by atoms with Crippen LogP contribution in [-0.4, -0.2) is 43.2 Å². The lowest BCUT2D eigenvalue weighted by Gasteiger charge is -2.28. The molecule has 1 atom stereocenters. The number of carbonyl (C=O) groups excluding carboxylic acids is 1. The van der Waals surface area contributed by atoms with Crippen LogP contribution in [0.4, 0.5) is 5.82 Å². The summed E-state index contributed by atoms with van der Waals surface area (Å²) in [6.45, 7) is 3.83. The number of benzene rings is 2. The summed E-state index contributed by atoms with van der Waals surface area (Å²) >= 11 is 0. The summed E-state index contributed by atoms with van der Waals surface area (Å²) in [4.78, 5) is 23.9. The third kappa shape index (κ3) is 5.39. The SMILES string of the molecule is COc1ccc(C(C)NC(=O)c2ccc(Oc3nccnc3N3CCCCC3)cc2)cc1OC. The minimum atomic E-state index is -0.213. The summed E-state index contributed by atoms with van der Waals surface area (Å²) in [6, 6.07) is 12.4. The summed E-state index contributed by atoms with van der Waals surface area (Å²) in [5.41, 5.74) is 1.45. The molecule has 8 nitrogen and oxygen atoms in total. The number of anilines is 1. The Morgan fingerprint density at radius 3 is 2.35 bits per heavy atom. The van der Waals surface area contributed by atoms with Gasteiger partial charge in [-0.3, -0.25) is 4.79 Å². The third-order valence-corrected chi connectivity index (χ3v) is 5.89. The molecule has 34 heavy (non-hydrogen) atoms. The van der Waals surface area contributed by atoms with Gasteiger partial charge in [-0.2, -0.15) is 0 Å². The quantitative estimate of drug-likeness (QED) is 0.516. The van der Waals surface area contributed by atoms with E-state index >= 15 is 0 Å². The van der Waals surface area contributed by atoms with Crippen molar-refractivity contribution in [1.29, 1.82) is 0 Å². The van der Waals surface area contributed by atoms with Gasteiger partial charge in [-0.25, -0.2) is 9.97 Å². The smallest absolute Gasteiger partial charge is 0.263 e. The number of amides is 1. The van der Waals surface area contributed by atoms with Crippen molar-refractivity contribution < 1.29 is 19.0 Å². The highest BCUT2D eigenvalue weighted by atomic mass is 16.5. The number of nitrogens with one attached hydrogen (secondary N) is 1. The molecule has 0 aliphatic carbocycles. The molecule has 1 aliphatic heterocycles. The summed E-state index contributed by atoms with van der Waals surface area (Å²) in [7, 11) is 3.18. The molecular weight excluding hydrogens is 432 g/mol. The van der Waals surface area contributed by atoms with E-state index < -0.39 is 0 Å². The molecule has 178 valence electrons. The van der Waals surface area contributed by atoms with Crippen LogP contribution in [0.5, 0.6) is 23.1 Å². The van der Waals surface area contributed by atoms with Crippen molar-refractivity contribution in [2.75, 3.05) is 32.2 Å². The van der Waals surface area contributed by atoms with Crippen LogP contribution in [0.1, 0.15) is 48.1 Å². The summed E-state index contributed by atoms with van der Waals surface area (Å²) in [5.74, 6) is 2.92. The minimum Gasteiger partial charge on any atom is -0.493 e. The Balaban J connectivity index is 1.41. The van der Waals surface area contributed by atoms with E-state index in [1.807, 2.05) is 25.1 Å². The molecule has 0 spiro atoms. The van der Waals surface area contributed by atoms with E-state index in [1.54, 1.807) is 50.9 Å².